The van der Waals surface area contributed by atoms with Crippen LogP contribution in [0, 0.1) is 6.92 Å². The lowest BCUT2D eigenvalue weighted by atomic mass is 10.1. The summed E-state index contributed by atoms with van der Waals surface area (Å²) in [6.07, 6.45) is 3.06. The summed E-state index contributed by atoms with van der Waals surface area (Å²) in [5, 5.41) is 7.65. The Morgan fingerprint density at radius 1 is 1.28 bits per heavy atom. The minimum atomic E-state index is -0.446. The Labute approximate surface area is 172 Å². The molecule has 3 N–H and O–H groups in total. The molecule has 4 rings (SSSR count). The molecule has 0 unspecified atom stereocenters. The number of anilines is 3. The average molecular weight is 411 g/mol. The number of aryl methyl sites for hydroxylation is 1. The van der Waals surface area contributed by atoms with Gasteiger partial charge in [-0.2, -0.15) is 5.10 Å². The van der Waals surface area contributed by atoms with Crippen LogP contribution >= 0.6 is 11.6 Å². The molecule has 0 saturated carbocycles. The predicted octanol–water partition coefficient (Wildman–Crippen LogP) is 3.30. The number of carbonyl (C=O) groups is 2. The van der Waals surface area contributed by atoms with E-state index in [2.05, 4.69) is 15.4 Å². The minimum Gasteiger partial charge on any atom is -0.383 e. The van der Waals surface area contributed by atoms with Crippen molar-refractivity contribution in [2.24, 2.45) is 0 Å². The predicted molar refractivity (Wildman–Crippen MR) is 111 cm³/mol. The van der Waals surface area contributed by atoms with Crippen molar-refractivity contribution >= 4 is 40.6 Å². The molecule has 2 amide bonds. The van der Waals surface area contributed by atoms with Gasteiger partial charge in [-0.25, -0.2) is 4.98 Å². The average Bonchev–Trinajstić information content (AvgIpc) is 3.12. The number of hydrogen-bond acceptors (Lipinski definition) is 5. The summed E-state index contributed by atoms with van der Waals surface area (Å²) in [6, 6.07) is 8.62. The molecule has 9 heteroatoms. The molecular formula is C20H19ClN6O2. The van der Waals surface area contributed by atoms with Gasteiger partial charge in [0, 0.05) is 23.5 Å². The van der Waals surface area contributed by atoms with Crippen LogP contribution in [-0.4, -0.2) is 33.1 Å². The van der Waals surface area contributed by atoms with Crippen LogP contribution in [0.3, 0.4) is 0 Å². The molecule has 1 aliphatic rings. The first kappa shape index (κ1) is 18.9. The highest BCUT2D eigenvalue weighted by Crippen LogP contribution is 2.31. The number of nitrogens with zero attached hydrogens (tertiary/aromatic N) is 4. The summed E-state index contributed by atoms with van der Waals surface area (Å²) in [5.41, 5.74) is 8.25. The first-order valence-corrected chi connectivity index (χ1v) is 9.41. The Bertz CT molecular complexity index is 1110. The van der Waals surface area contributed by atoms with Crippen LogP contribution in [0.15, 0.2) is 42.7 Å². The quantitative estimate of drug-likeness (QED) is 0.689. The number of hydrogen-bond donors (Lipinski definition) is 2. The van der Waals surface area contributed by atoms with Gasteiger partial charge in [-0.1, -0.05) is 11.6 Å². The van der Waals surface area contributed by atoms with Crippen molar-refractivity contribution in [2.75, 3.05) is 22.5 Å². The molecule has 0 spiro atoms. The van der Waals surface area contributed by atoms with Crippen LogP contribution in [0.4, 0.5) is 17.2 Å². The molecule has 1 aliphatic heterocycles. The van der Waals surface area contributed by atoms with Crippen molar-refractivity contribution in [1.29, 1.82) is 0 Å². The lowest BCUT2D eigenvalue weighted by molar-refractivity contribution is 0.0954. The highest BCUT2D eigenvalue weighted by atomic mass is 35.5. The first-order valence-electron chi connectivity index (χ1n) is 9.03. The second-order valence-corrected chi connectivity index (χ2v) is 7.43. The van der Waals surface area contributed by atoms with Crippen LogP contribution in [-0.2, 0) is 0 Å². The van der Waals surface area contributed by atoms with Gasteiger partial charge in [0.25, 0.3) is 11.8 Å². The second-order valence-electron chi connectivity index (χ2n) is 6.99. The summed E-state index contributed by atoms with van der Waals surface area (Å²) in [7, 11) is 0. The Kier molecular flexibility index (Phi) is 4.71. The number of rotatable bonds is 3. The van der Waals surface area contributed by atoms with E-state index >= 15 is 0 Å². The summed E-state index contributed by atoms with van der Waals surface area (Å²) in [5.74, 6) is -0.580. The van der Waals surface area contributed by atoms with E-state index in [0.717, 1.165) is 11.3 Å². The van der Waals surface area contributed by atoms with Crippen LogP contribution in [0.2, 0.25) is 5.02 Å². The number of pyridine rings is 1. The lowest BCUT2D eigenvalue weighted by Gasteiger charge is -2.32. The molecule has 8 nitrogen and oxygen atoms in total. The molecule has 3 aromatic rings. The van der Waals surface area contributed by atoms with Crippen LogP contribution in [0.5, 0.6) is 0 Å². The number of fused-ring (bicyclic) bond motifs is 1. The molecular weight excluding hydrogens is 392 g/mol. The fraction of sp³-hybridized carbons (Fsp3) is 0.200. The molecule has 0 bridgehead atoms. The van der Waals surface area contributed by atoms with Crippen molar-refractivity contribution in [2.45, 2.75) is 19.9 Å². The number of carbonyl (C=O) groups excluding carboxylic acids is 2. The monoisotopic (exact) mass is 410 g/mol. The van der Waals surface area contributed by atoms with Crippen molar-refractivity contribution in [1.82, 2.24) is 14.8 Å². The molecule has 0 radical (unpaired) electrons. The molecule has 3 heterocycles. The Balaban J connectivity index is 1.67. The third-order valence-corrected chi connectivity index (χ3v) is 5.05. The van der Waals surface area contributed by atoms with E-state index in [0.29, 0.717) is 22.9 Å². The van der Waals surface area contributed by atoms with Crippen LogP contribution in [0.1, 0.15) is 39.4 Å². The highest BCUT2D eigenvalue weighted by Gasteiger charge is 2.34. The standard InChI is InChI=1S/C20H19ClN6O2/c1-11-7-15(18(22)23-8-11)19(28)25-16-9-24-27-12(2)10-26(20(29)17(16)27)14-5-3-13(21)4-6-14/h3-9,12H,10H2,1-2H3,(H2,22,23)(H,25,28)/t12-/m0/s1. The molecule has 2 aromatic heterocycles. The smallest absolute Gasteiger partial charge is 0.278 e. The Morgan fingerprint density at radius 3 is 2.72 bits per heavy atom. The van der Waals surface area contributed by atoms with Crippen molar-refractivity contribution in [3.8, 4) is 0 Å². The fourth-order valence-corrected chi connectivity index (χ4v) is 3.47. The molecule has 1 atom stereocenters. The molecule has 29 heavy (non-hydrogen) atoms. The van der Waals surface area contributed by atoms with E-state index < -0.39 is 5.91 Å². The first-order chi connectivity index (χ1) is 13.8. The molecule has 148 valence electrons. The van der Waals surface area contributed by atoms with Crippen molar-refractivity contribution in [3.05, 3.63) is 64.6 Å². The van der Waals surface area contributed by atoms with Gasteiger partial charge in [-0.3, -0.25) is 14.3 Å². The topological polar surface area (TPSA) is 106 Å². The third kappa shape index (κ3) is 3.42. The van der Waals surface area contributed by atoms with Gasteiger partial charge in [0.05, 0.1) is 23.5 Å². The maximum Gasteiger partial charge on any atom is 0.278 e. The normalized spacial score (nSPS) is 15.9. The van der Waals surface area contributed by atoms with Crippen molar-refractivity contribution < 1.29 is 9.59 Å². The summed E-state index contributed by atoms with van der Waals surface area (Å²) < 4.78 is 1.63. The summed E-state index contributed by atoms with van der Waals surface area (Å²) in [6.45, 7) is 4.23. The number of nitrogens with one attached hydrogen (secondary N) is 1. The SMILES string of the molecule is Cc1cnc(N)c(C(=O)Nc2cnn3c2C(=O)N(c2ccc(Cl)cc2)C[C@@H]3C)c1. The van der Waals surface area contributed by atoms with Gasteiger partial charge in [-0.05, 0) is 49.7 Å². The number of amides is 2. The minimum absolute atomic E-state index is 0.0743. The Hall–Kier alpha value is -3.39. The highest BCUT2D eigenvalue weighted by molar-refractivity contribution is 6.30. The van der Waals surface area contributed by atoms with Crippen molar-refractivity contribution in [3.63, 3.8) is 0 Å². The van der Waals surface area contributed by atoms with Gasteiger partial charge in [-0.15, -0.1) is 0 Å². The van der Waals surface area contributed by atoms with Crippen LogP contribution in [0.25, 0.3) is 0 Å². The van der Waals surface area contributed by atoms with E-state index in [1.807, 2.05) is 13.8 Å². The number of nitrogen functional groups attached to an aromatic ring is 1. The van der Waals surface area contributed by atoms with Gasteiger partial charge < -0.3 is 16.0 Å². The maximum absolute atomic E-state index is 13.2. The van der Waals surface area contributed by atoms with Gasteiger partial charge >= 0.3 is 0 Å². The van der Waals surface area contributed by atoms with E-state index in [4.69, 9.17) is 17.3 Å². The van der Waals surface area contributed by atoms with Gasteiger partial charge in [0.15, 0.2) is 5.69 Å². The molecule has 0 aliphatic carbocycles. The fourth-order valence-electron chi connectivity index (χ4n) is 3.35. The van der Waals surface area contributed by atoms with Gasteiger partial charge in [0.1, 0.15) is 5.82 Å². The maximum atomic E-state index is 13.2. The zero-order valence-corrected chi connectivity index (χ0v) is 16.6. The van der Waals surface area contributed by atoms with E-state index in [1.165, 1.54) is 6.20 Å². The molecule has 1 aromatic carbocycles. The van der Waals surface area contributed by atoms with Crippen LogP contribution < -0.4 is 16.0 Å². The van der Waals surface area contributed by atoms with E-state index in [1.54, 1.807) is 46.1 Å². The zero-order valence-electron chi connectivity index (χ0n) is 15.9. The molecule has 0 saturated heterocycles. The van der Waals surface area contributed by atoms with Gasteiger partial charge in [0.2, 0.25) is 0 Å². The third-order valence-electron chi connectivity index (χ3n) is 4.79. The summed E-state index contributed by atoms with van der Waals surface area (Å²) >= 11 is 5.96. The number of halogens is 1. The largest absolute Gasteiger partial charge is 0.383 e. The summed E-state index contributed by atoms with van der Waals surface area (Å²) in [4.78, 5) is 31.6. The molecule has 0 fully saturated rings. The van der Waals surface area contributed by atoms with E-state index in [-0.39, 0.29) is 23.3 Å². The second kappa shape index (κ2) is 7.21. The number of nitrogens with two attached hydrogens (primary N) is 1. The Morgan fingerprint density at radius 2 is 2.00 bits per heavy atom. The number of benzene rings is 1. The lowest BCUT2D eigenvalue weighted by Crippen LogP contribution is -2.43. The van der Waals surface area contributed by atoms with E-state index in [9.17, 15) is 9.59 Å². The number of aromatic nitrogens is 3. The zero-order chi connectivity index (χ0) is 20.7.